The van der Waals surface area contributed by atoms with Crippen molar-refractivity contribution in [1.29, 1.82) is 0 Å². The number of rotatable bonds is 4. The Bertz CT molecular complexity index is 549. The smallest absolute Gasteiger partial charge is 0.315 e. The van der Waals surface area contributed by atoms with E-state index in [-0.39, 0.29) is 17.6 Å². The van der Waals surface area contributed by atoms with Gasteiger partial charge >= 0.3 is 6.03 Å². The number of carbonyl (C=O) groups excluding carboxylic acids is 1. The molecule has 1 aromatic carbocycles. The number of carbonyl (C=O) groups is 1. The molecule has 3 rings (SSSR count). The van der Waals surface area contributed by atoms with E-state index in [1.165, 1.54) is 36.8 Å². The molecule has 1 fully saturated rings. The van der Waals surface area contributed by atoms with Crippen LogP contribution < -0.4 is 10.6 Å². The predicted octanol–water partition coefficient (Wildman–Crippen LogP) is 2.72. The number of nitrogens with zero attached hydrogens (tertiary/aromatic N) is 1. The number of benzene rings is 1. The molecule has 0 spiro atoms. The molecule has 0 bridgehead atoms. The molecule has 126 valence electrons. The summed E-state index contributed by atoms with van der Waals surface area (Å²) in [5, 5.41) is 6.30. The highest BCUT2D eigenvalue weighted by Gasteiger charge is 2.36. The first-order chi connectivity index (χ1) is 11.1. The fourth-order valence-electron chi connectivity index (χ4n) is 4.12. The average Bonchev–Trinajstić information content (AvgIpc) is 3.03. The van der Waals surface area contributed by atoms with Gasteiger partial charge in [0.15, 0.2) is 0 Å². The van der Waals surface area contributed by atoms with Gasteiger partial charge in [0, 0.05) is 18.1 Å². The lowest BCUT2D eigenvalue weighted by Crippen LogP contribution is -2.54. The molecular weight excluding hydrogens is 286 g/mol. The zero-order valence-electron chi connectivity index (χ0n) is 14.4. The fraction of sp³-hybridized carbons (Fsp3) is 0.632. The van der Waals surface area contributed by atoms with Crippen molar-refractivity contribution in [2.24, 2.45) is 0 Å². The van der Waals surface area contributed by atoms with Crippen LogP contribution in [-0.4, -0.2) is 43.2 Å². The molecule has 1 unspecified atom stereocenters. The van der Waals surface area contributed by atoms with E-state index in [0.717, 1.165) is 25.8 Å². The number of amides is 2. The largest absolute Gasteiger partial charge is 0.336 e. The Morgan fingerprint density at radius 1 is 1.22 bits per heavy atom. The van der Waals surface area contributed by atoms with Crippen LogP contribution in [-0.2, 0) is 12.8 Å². The van der Waals surface area contributed by atoms with E-state index in [4.69, 9.17) is 0 Å². The summed E-state index contributed by atoms with van der Waals surface area (Å²) < 4.78 is 0. The Kier molecular flexibility index (Phi) is 4.90. The van der Waals surface area contributed by atoms with Crippen LogP contribution in [0.3, 0.4) is 0 Å². The molecule has 0 aliphatic heterocycles. The molecule has 23 heavy (non-hydrogen) atoms. The van der Waals surface area contributed by atoms with Crippen LogP contribution in [0.25, 0.3) is 0 Å². The van der Waals surface area contributed by atoms with E-state index in [9.17, 15) is 4.79 Å². The maximum absolute atomic E-state index is 12.3. The lowest BCUT2D eigenvalue weighted by Gasteiger charge is -2.36. The molecule has 2 N–H and O–H groups in total. The van der Waals surface area contributed by atoms with Crippen molar-refractivity contribution in [3.05, 3.63) is 35.4 Å². The lowest BCUT2D eigenvalue weighted by atomic mass is 9.88. The molecule has 4 nitrogen and oxygen atoms in total. The van der Waals surface area contributed by atoms with Gasteiger partial charge in [-0.3, -0.25) is 0 Å². The van der Waals surface area contributed by atoms with Crippen molar-refractivity contribution in [3.63, 3.8) is 0 Å². The molecule has 1 saturated carbocycles. The summed E-state index contributed by atoms with van der Waals surface area (Å²) in [7, 11) is 4.26. The Labute approximate surface area is 139 Å². The quantitative estimate of drug-likeness (QED) is 0.897. The maximum Gasteiger partial charge on any atom is 0.315 e. The summed E-state index contributed by atoms with van der Waals surface area (Å²) in [4.78, 5) is 14.6. The Balaban J connectivity index is 1.50. The van der Waals surface area contributed by atoms with Gasteiger partial charge in [0.05, 0.1) is 0 Å². The van der Waals surface area contributed by atoms with Gasteiger partial charge in [-0.05, 0) is 57.3 Å². The van der Waals surface area contributed by atoms with E-state index in [1.54, 1.807) is 0 Å². The van der Waals surface area contributed by atoms with Gasteiger partial charge < -0.3 is 15.5 Å². The molecule has 2 aliphatic rings. The van der Waals surface area contributed by atoms with Gasteiger partial charge in [-0.1, -0.05) is 37.1 Å². The Hall–Kier alpha value is -1.55. The van der Waals surface area contributed by atoms with Crippen LogP contribution >= 0.6 is 0 Å². The summed E-state index contributed by atoms with van der Waals surface area (Å²) in [6.45, 7) is 0.745. The first-order valence-corrected chi connectivity index (χ1v) is 8.88. The monoisotopic (exact) mass is 315 g/mol. The number of nitrogens with one attached hydrogen (secondary N) is 2. The standard InChI is InChI=1S/C19H29N3O/c1-22(2)19(11-5-6-12-19)14-20-18(23)21-17-10-9-15-7-3-4-8-16(15)13-17/h3-4,7-8,17H,5-6,9-14H2,1-2H3,(H2,20,21,23). The number of hydrogen-bond donors (Lipinski definition) is 2. The second-order valence-electron chi connectivity index (χ2n) is 7.36. The van der Waals surface area contributed by atoms with E-state index < -0.39 is 0 Å². The third-order valence-electron chi connectivity index (χ3n) is 5.74. The van der Waals surface area contributed by atoms with E-state index in [2.05, 4.69) is 53.9 Å². The maximum atomic E-state index is 12.3. The average molecular weight is 315 g/mol. The minimum absolute atomic E-state index is 0.0116. The lowest BCUT2D eigenvalue weighted by molar-refractivity contribution is 0.153. The van der Waals surface area contributed by atoms with E-state index in [0.29, 0.717) is 0 Å². The normalized spacial score (nSPS) is 22.7. The first-order valence-electron chi connectivity index (χ1n) is 8.88. The summed E-state index contributed by atoms with van der Waals surface area (Å²) in [5.74, 6) is 0. The predicted molar refractivity (Wildman–Crippen MR) is 93.7 cm³/mol. The van der Waals surface area contributed by atoms with Crippen molar-refractivity contribution >= 4 is 6.03 Å². The topological polar surface area (TPSA) is 44.4 Å². The van der Waals surface area contributed by atoms with Gasteiger partial charge in [0.1, 0.15) is 0 Å². The molecule has 4 heteroatoms. The Morgan fingerprint density at radius 3 is 2.61 bits per heavy atom. The minimum atomic E-state index is -0.0116. The van der Waals surface area contributed by atoms with Gasteiger partial charge in [0.2, 0.25) is 0 Å². The second kappa shape index (κ2) is 6.91. The SMILES string of the molecule is CN(C)C1(CNC(=O)NC2CCc3ccccc3C2)CCCC1. The summed E-state index contributed by atoms with van der Waals surface area (Å²) in [6, 6.07) is 8.81. The van der Waals surface area contributed by atoms with Gasteiger partial charge in [-0.15, -0.1) is 0 Å². The van der Waals surface area contributed by atoms with Crippen LogP contribution in [0.15, 0.2) is 24.3 Å². The number of aryl methyl sites for hydroxylation is 1. The minimum Gasteiger partial charge on any atom is -0.336 e. The molecule has 1 aromatic rings. The van der Waals surface area contributed by atoms with E-state index in [1.807, 2.05) is 0 Å². The highest BCUT2D eigenvalue weighted by Crippen LogP contribution is 2.33. The second-order valence-corrected chi connectivity index (χ2v) is 7.36. The summed E-state index contributed by atoms with van der Waals surface area (Å²) >= 11 is 0. The number of fused-ring (bicyclic) bond motifs is 1. The molecule has 0 radical (unpaired) electrons. The third-order valence-corrected chi connectivity index (χ3v) is 5.74. The van der Waals surface area contributed by atoms with Crippen LogP contribution in [0.4, 0.5) is 4.79 Å². The molecule has 2 amide bonds. The molecule has 2 aliphatic carbocycles. The Morgan fingerprint density at radius 2 is 1.91 bits per heavy atom. The molecule has 0 saturated heterocycles. The zero-order chi connectivity index (χ0) is 16.3. The van der Waals surface area contributed by atoms with Gasteiger partial charge in [-0.2, -0.15) is 0 Å². The van der Waals surface area contributed by atoms with Gasteiger partial charge in [-0.25, -0.2) is 4.79 Å². The van der Waals surface area contributed by atoms with Crippen LogP contribution in [0.5, 0.6) is 0 Å². The summed E-state index contributed by atoms with van der Waals surface area (Å²) in [5.41, 5.74) is 2.96. The highest BCUT2D eigenvalue weighted by atomic mass is 16.2. The number of hydrogen-bond acceptors (Lipinski definition) is 2. The number of urea groups is 1. The highest BCUT2D eigenvalue weighted by molar-refractivity contribution is 5.74. The van der Waals surface area contributed by atoms with Crippen LogP contribution in [0.2, 0.25) is 0 Å². The van der Waals surface area contributed by atoms with Crippen molar-refractivity contribution in [1.82, 2.24) is 15.5 Å². The fourth-order valence-corrected chi connectivity index (χ4v) is 4.12. The van der Waals surface area contributed by atoms with Crippen molar-refractivity contribution in [3.8, 4) is 0 Å². The van der Waals surface area contributed by atoms with Crippen LogP contribution in [0.1, 0.15) is 43.2 Å². The molecule has 1 atom stereocenters. The van der Waals surface area contributed by atoms with Crippen molar-refractivity contribution in [2.45, 2.75) is 56.5 Å². The number of likely N-dealkylation sites (N-methyl/N-ethyl adjacent to an activating group) is 1. The third kappa shape index (κ3) is 3.69. The first kappa shape index (κ1) is 16.3. The van der Waals surface area contributed by atoms with E-state index >= 15 is 0 Å². The summed E-state index contributed by atoms with van der Waals surface area (Å²) in [6.07, 6.45) is 7.92. The van der Waals surface area contributed by atoms with Gasteiger partial charge in [0.25, 0.3) is 0 Å². The molecule has 0 aromatic heterocycles. The molecule has 0 heterocycles. The van der Waals surface area contributed by atoms with Crippen molar-refractivity contribution in [2.75, 3.05) is 20.6 Å². The van der Waals surface area contributed by atoms with Crippen molar-refractivity contribution < 1.29 is 4.79 Å². The molecular formula is C19H29N3O. The van der Waals surface area contributed by atoms with Crippen LogP contribution in [0, 0.1) is 0 Å². The zero-order valence-corrected chi connectivity index (χ0v) is 14.4.